The van der Waals surface area contributed by atoms with Crippen LogP contribution in [0, 0.1) is 0 Å². The highest BCUT2D eigenvalue weighted by Gasteiger charge is 2.22. The number of carbonyl (C=O) groups excluding carboxylic acids is 1. The molecule has 1 N–H and O–H groups in total. The summed E-state index contributed by atoms with van der Waals surface area (Å²) in [5, 5.41) is 4.00. The molecule has 116 valence electrons. The predicted octanol–water partition coefficient (Wildman–Crippen LogP) is 2.97. The Labute approximate surface area is 135 Å². The first kappa shape index (κ1) is 16.4. The number of benzene rings is 1. The Bertz CT molecular complexity index is 502. The number of halogens is 2. The molecule has 1 fully saturated rings. The quantitative estimate of drug-likeness (QED) is 0.922. The fourth-order valence-electron chi connectivity index (χ4n) is 2.28. The third kappa shape index (κ3) is 4.77. The number of hydrogen-bond acceptors (Lipinski definition) is 3. The van der Waals surface area contributed by atoms with Crippen LogP contribution in [0.4, 0.5) is 0 Å². The van der Waals surface area contributed by atoms with Gasteiger partial charge in [-0.1, -0.05) is 23.2 Å². The van der Waals surface area contributed by atoms with Crippen molar-refractivity contribution in [2.75, 3.05) is 20.1 Å². The second-order valence-corrected chi connectivity index (χ2v) is 6.26. The second-order valence-electron chi connectivity index (χ2n) is 5.42. The summed E-state index contributed by atoms with van der Waals surface area (Å²) in [6.07, 6.45) is 1.32. The zero-order chi connectivity index (χ0) is 15.4. The molecule has 21 heavy (non-hydrogen) atoms. The lowest BCUT2D eigenvalue weighted by atomic mass is 10.1. The maximum atomic E-state index is 12.2. The van der Waals surface area contributed by atoms with Crippen LogP contribution < -0.4 is 10.1 Å². The van der Waals surface area contributed by atoms with Crippen LogP contribution in [-0.2, 0) is 4.79 Å². The normalized spacial score (nSPS) is 18.3. The first-order valence-corrected chi connectivity index (χ1v) is 7.82. The van der Waals surface area contributed by atoms with Crippen LogP contribution in [0.5, 0.6) is 5.75 Å². The average Bonchev–Trinajstić information content (AvgIpc) is 2.45. The zero-order valence-electron chi connectivity index (χ0n) is 12.2. The van der Waals surface area contributed by atoms with Crippen molar-refractivity contribution < 1.29 is 9.53 Å². The molecule has 0 radical (unpaired) electrons. The molecular formula is C15H20Cl2N2O2. The van der Waals surface area contributed by atoms with E-state index in [4.69, 9.17) is 27.9 Å². The highest BCUT2D eigenvalue weighted by atomic mass is 35.5. The lowest BCUT2D eigenvalue weighted by Gasteiger charge is -2.30. The minimum atomic E-state index is -0.611. The van der Waals surface area contributed by atoms with Gasteiger partial charge in [0.1, 0.15) is 5.75 Å². The van der Waals surface area contributed by atoms with Gasteiger partial charge in [0, 0.05) is 17.1 Å². The molecule has 4 nitrogen and oxygen atoms in total. The SMILES string of the molecule is C[C@@H](Oc1cc(Cl)ccc1Cl)C(=O)NC1CCN(C)CC1. The third-order valence-electron chi connectivity index (χ3n) is 3.63. The molecule has 0 aromatic heterocycles. The van der Waals surface area contributed by atoms with E-state index in [9.17, 15) is 4.79 Å². The molecule has 0 unspecified atom stereocenters. The minimum absolute atomic E-state index is 0.124. The van der Waals surface area contributed by atoms with Crippen LogP contribution in [0.25, 0.3) is 0 Å². The van der Waals surface area contributed by atoms with Crippen LogP contribution in [0.1, 0.15) is 19.8 Å². The molecule has 0 aliphatic carbocycles. The number of likely N-dealkylation sites (tertiary alicyclic amines) is 1. The van der Waals surface area contributed by atoms with E-state index in [1.807, 2.05) is 0 Å². The summed E-state index contributed by atoms with van der Waals surface area (Å²) >= 11 is 11.9. The lowest BCUT2D eigenvalue weighted by Crippen LogP contribution is -2.47. The lowest BCUT2D eigenvalue weighted by molar-refractivity contribution is -0.128. The Morgan fingerprint density at radius 3 is 2.71 bits per heavy atom. The van der Waals surface area contributed by atoms with Crippen molar-refractivity contribution in [2.45, 2.75) is 31.9 Å². The Morgan fingerprint density at radius 2 is 2.05 bits per heavy atom. The van der Waals surface area contributed by atoms with Gasteiger partial charge in [-0.3, -0.25) is 4.79 Å². The van der Waals surface area contributed by atoms with Gasteiger partial charge in [-0.25, -0.2) is 0 Å². The molecule has 1 saturated heterocycles. The van der Waals surface area contributed by atoms with Gasteiger partial charge in [0.05, 0.1) is 5.02 Å². The van der Waals surface area contributed by atoms with E-state index in [0.29, 0.717) is 15.8 Å². The number of rotatable bonds is 4. The van der Waals surface area contributed by atoms with Crippen molar-refractivity contribution in [3.05, 3.63) is 28.2 Å². The van der Waals surface area contributed by atoms with Gasteiger partial charge >= 0.3 is 0 Å². The van der Waals surface area contributed by atoms with E-state index >= 15 is 0 Å². The van der Waals surface area contributed by atoms with Crippen LogP contribution in [0.3, 0.4) is 0 Å². The predicted molar refractivity (Wildman–Crippen MR) is 85.2 cm³/mol. The van der Waals surface area contributed by atoms with E-state index < -0.39 is 6.10 Å². The minimum Gasteiger partial charge on any atom is -0.479 e. The second kappa shape index (κ2) is 7.34. The van der Waals surface area contributed by atoms with Crippen molar-refractivity contribution in [2.24, 2.45) is 0 Å². The third-order valence-corrected chi connectivity index (χ3v) is 4.18. The van der Waals surface area contributed by atoms with Crippen LogP contribution >= 0.6 is 23.2 Å². The van der Waals surface area contributed by atoms with E-state index in [1.54, 1.807) is 25.1 Å². The molecule has 1 amide bonds. The van der Waals surface area contributed by atoms with Crippen LogP contribution in [0.2, 0.25) is 10.0 Å². The first-order chi connectivity index (χ1) is 9.95. The van der Waals surface area contributed by atoms with Crippen LogP contribution in [-0.4, -0.2) is 43.1 Å². The topological polar surface area (TPSA) is 41.6 Å². The number of ether oxygens (including phenoxy) is 1. The maximum Gasteiger partial charge on any atom is 0.260 e. The zero-order valence-corrected chi connectivity index (χ0v) is 13.7. The number of nitrogens with zero attached hydrogens (tertiary/aromatic N) is 1. The summed E-state index contributed by atoms with van der Waals surface area (Å²) in [6.45, 7) is 3.71. The van der Waals surface area contributed by atoms with Crippen LogP contribution in [0.15, 0.2) is 18.2 Å². The fraction of sp³-hybridized carbons (Fsp3) is 0.533. The van der Waals surface area contributed by atoms with Crippen molar-refractivity contribution in [1.29, 1.82) is 0 Å². The van der Waals surface area contributed by atoms with Gasteiger partial charge in [0.15, 0.2) is 6.10 Å². The molecule has 1 aliphatic heterocycles. The van der Waals surface area contributed by atoms with Crippen molar-refractivity contribution >= 4 is 29.1 Å². The summed E-state index contributed by atoms with van der Waals surface area (Å²) in [6, 6.07) is 5.17. The Balaban J connectivity index is 1.89. The summed E-state index contributed by atoms with van der Waals surface area (Å²) in [7, 11) is 2.09. The van der Waals surface area contributed by atoms with Crippen molar-refractivity contribution in [1.82, 2.24) is 10.2 Å². The Kier molecular flexibility index (Phi) is 5.73. The standard InChI is InChI=1S/C15H20Cl2N2O2/c1-10(21-14-9-11(16)3-4-13(14)17)15(20)18-12-5-7-19(2)8-6-12/h3-4,9-10,12H,5-8H2,1-2H3,(H,18,20)/t10-/m1/s1. The van der Waals surface area contributed by atoms with Gasteiger partial charge in [0.2, 0.25) is 0 Å². The molecule has 0 bridgehead atoms. The highest BCUT2D eigenvalue weighted by Crippen LogP contribution is 2.28. The van der Waals surface area contributed by atoms with Gasteiger partial charge in [-0.15, -0.1) is 0 Å². The summed E-state index contributed by atoms with van der Waals surface area (Å²) in [5.41, 5.74) is 0. The molecular weight excluding hydrogens is 311 g/mol. The number of amides is 1. The Hall–Kier alpha value is -0.970. The molecule has 1 atom stereocenters. The number of hydrogen-bond donors (Lipinski definition) is 1. The smallest absolute Gasteiger partial charge is 0.260 e. The van der Waals surface area contributed by atoms with Gasteiger partial charge in [-0.2, -0.15) is 0 Å². The Morgan fingerprint density at radius 1 is 1.38 bits per heavy atom. The highest BCUT2D eigenvalue weighted by molar-refractivity contribution is 6.34. The van der Waals surface area contributed by atoms with E-state index in [-0.39, 0.29) is 11.9 Å². The molecule has 1 heterocycles. The van der Waals surface area contributed by atoms with Crippen molar-refractivity contribution in [3.8, 4) is 5.75 Å². The number of piperidine rings is 1. The molecule has 6 heteroatoms. The molecule has 1 aliphatic rings. The van der Waals surface area contributed by atoms with E-state index in [2.05, 4.69) is 17.3 Å². The average molecular weight is 331 g/mol. The molecule has 1 aromatic rings. The van der Waals surface area contributed by atoms with Crippen molar-refractivity contribution in [3.63, 3.8) is 0 Å². The van der Waals surface area contributed by atoms with Gasteiger partial charge in [-0.05, 0) is 52.0 Å². The monoisotopic (exact) mass is 330 g/mol. The first-order valence-electron chi connectivity index (χ1n) is 7.06. The molecule has 0 spiro atoms. The molecule has 1 aromatic carbocycles. The van der Waals surface area contributed by atoms with E-state index in [0.717, 1.165) is 25.9 Å². The maximum absolute atomic E-state index is 12.2. The summed E-state index contributed by atoms with van der Waals surface area (Å²) in [5.74, 6) is 0.302. The summed E-state index contributed by atoms with van der Waals surface area (Å²) < 4.78 is 5.61. The number of nitrogens with one attached hydrogen (secondary N) is 1. The fourth-order valence-corrected chi connectivity index (χ4v) is 2.61. The van der Waals surface area contributed by atoms with Gasteiger partial charge < -0.3 is 15.0 Å². The van der Waals surface area contributed by atoms with Gasteiger partial charge in [0.25, 0.3) is 5.91 Å². The van der Waals surface area contributed by atoms with E-state index in [1.165, 1.54) is 0 Å². The largest absolute Gasteiger partial charge is 0.479 e. The number of carbonyl (C=O) groups is 1. The summed E-state index contributed by atoms with van der Waals surface area (Å²) in [4.78, 5) is 14.4. The molecule has 0 saturated carbocycles. The molecule has 2 rings (SSSR count).